The van der Waals surface area contributed by atoms with E-state index >= 15 is 0 Å². The Hall–Kier alpha value is -0.860. The van der Waals surface area contributed by atoms with Crippen LogP contribution in [0.1, 0.15) is 38.7 Å². The van der Waals surface area contributed by atoms with Crippen LogP contribution in [-0.4, -0.2) is 12.6 Å². The molecule has 0 atom stereocenters. The molecule has 0 saturated heterocycles. The fraction of sp³-hybridized carbons (Fsp3) is 0.529. The second-order valence-corrected chi connectivity index (χ2v) is 7.23. The van der Waals surface area contributed by atoms with E-state index < -0.39 is 0 Å². The molecule has 1 nitrogen and oxygen atoms in total. The Bertz CT molecular complexity index is 551. The van der Waals surface area contributed by atoms with Gasteiger partial charge >= 0.3 is 0 Å². The summed E-state index contributed by atoms with van der Waals surface area (Å²) >= 11 is 1.89. The Labute approximate surface area is 120 Å². The maximum atomic E-state index is 3.65. The molecular formula is C17H23NS. The summed E-state index contributed by atoms with van der Waals surface area (Å²) in [4.78, 5) is 0. The van der Waals surface area contributed by atoms with Crippen LogP contribution in [0.3, 0.4) is 0 Å². The van der Waals surface area contributed by atoms with Crippen LogP contribution in [0.5, 0.6) is 0 Å². The van der Waals surface area contributed by atoms with Crippen molar-refractivity contribution >= 4 is 21.4 Å². The van der Waals surface area contributed by atoms with Crippen LogP contribution in [-0.2, 0) is 6.42 Å². The lowest BCUT2D eigenvalue weighted by Gasteiger charge is -2.43. The molecule has 2 aromatic rings. The van der Waals surface area contributed by atoms with Crippen LogP contribution >= 0.6 is 11.3 Å². The predicted molar refractivity (Wildman–Crippen MR) is 85.0 cm³/mol. The van der Waals surface area contributed by atoms with E-state index in [9.17, 15) is 0 Å². The Morgan fingerprint density at radius 2 is 2.05 bits per heavy atom. The van der Waals surface area contributed by atoms with Gasteiger partial charge in [-0.05, 0) is 47.1 Å². The first-order valence-electron chi connectivity index (χ1n) is 7.37. The normalized spacial score (nSPS) is 17.8. The lowest BCUT2D eigenvalue weighted by atomic mass is 9.65. The molecule has 0 amide bonds. The van der Waals surface area contributed by atoms with Crippen molar-refractivity contribution in [2.45, 2.75) is 45.6 Å². The third-order valence-corrected chi connectivity index (χ3v) is 5.44. The second-order valence-electron chi connectivity index (χ2n) is 6.32. The summed E-state index contributed by atoms with van der Waals surface area (Å²) in [5.41, 5.74) is 2.08. The van der Waals surface area contributed by atoms with Gasteiger partial charge in [-0.15, -0.1) is 11.3 Å². The standard InChI is InChI=1S/C17H23NS/c1-13(2)18-12-17(8-5-9-17)10-14-11-19-16-7-4-3-6-15(14)16/h3-4,6-7,11,13,18H,5,8-10,12H2,1-2H3. The lowest BCUT2D eigenvalue weighted by molar-refractivity contribution is 0.127. The van der Waals surface area contributed by atoms with Crippen LogP contribution in [0, 0.1) is 5.41 Å². The highest BCUT2D eigenvalue weighted by atomic mass is 32.1. The molecule has 1 aliphatic rings. The number of thiophene rings is 1. The average Bonchev–Trinajstić information content (AvgIpc) is 2.75. The van der Waals surface area contributed by atoms with E-state index in [1.54, 1.807) is 5.56 Å². The molecule has 1 fully saturated rings. The maximum Gasteiger partial charge on any atom is 0.0345 e. The second kappa shape index (κ2) is 5.26. The first-order valence-corrected chi connectivity index (χ1v) is 8.25. The number of nitrogens with one attached hydrogen (secondary N) is 1. The van der Waals surface area contributed by atoms with Crippen molar-refractivity contribution in [2.24, 2.45) is 5.41 Å². The molecule has 1 aromatic heterocycles. The minimum absolute atomic E-state index is 0.522. The van der Waals surface area contributed by atoms with Gasteiger partial charge in [-0.1, -0.05) is 38.5 Å². The third kappa shape index (κ3) is 2.70. The summed E-state index contributed by atoms with van der Waals surface area (Å²) in [6.07, 6.45) is 5.42. The zero-order valence-corrected chi connectivity index (χ0v) is 12.7. The largest absolute Gasteiger partial charge is 0.314 e. The zero-order chi connectivity index (χ0) is 13.3. The highest BCUT2D eigenvalue weighted by Gasteiger charge is 2.37. The van der Waals surface area contributed by atoms with E-state index in [-0.39, 0.29) is 0 Å². The van der Waals surface area contributed by atoms with Crippen molar-refractivity contribution in [1.29, 1.82) is 0 Å². The van der Waals surface area contributed by atoms with E-state index in [4.69, 9.17) is 0 Å². The molecule has 102 valence electrons. The van der Waals surface area contributed by atoms with E-state index in [0.717, 1.165) is 0 Å². The molecule has 0 aliphatic heterocycles. The van der Waals surface area contributed by atoms with Crippen molar-refractivity contribution in [2.75, 3.05) is 6.54 Å². The minimum Gasteiger partial charge on any atom is -0.314 e. The smallest absolute Gasteiger partial charge is 0.0345 e. The monoisotopic (exact) mass is 273 g/mol. The van der Waals surface area contributed by atoms with Crippen molar-refractivity contribution in [1.82, 2.24) is 5.32 Å². The summed E-state index contributed by atoms with van der Waals surface area (Å²) in [6.45, 7) is 5.66. The molecule has 1 heterocycles. The fourth-order valence-electron chi connectivity index (χ4n) is 3.09. The Balaban J connectivity index is 1.79. The van der Waals surface area contributed by atoms with Crippen molar-refractivity contribution in [3.8, 4) is 0 Å². The summed E-state index contributed by atoms with van der Waals surface area (Å²) in [5, 5.41) is 7.50. The quantitative estimate of drug-likeness (QED) is 0.838. The van der Waals surface area contributed by atoms with Gasteiger partial charge in [0.1, 0.15) is 0 Å². The number of hydrogen-bond donors (Lipinski definition) is 1. The molecule has 2 heteroatoms. The van der Waals surface area contributed by atoms with Crippen LogP contribution in [0.4, 0.5) is 0 Å². The van der Waals surface area contributed by atoms with Crippen molar-refractivity contribution in [3.05, 3.63) is 35.2 Å². The fourth-order valence-corrected chi connectivity index (χ4v) is 4.05. The summed E-state index contributed by atoms with van der Waals surface area (Å²) in [6, 6.07) is 9.42. The number of rotatable bonds is 5. The summed E-state index contributed by atoms with van der Waals surface area (Å²) in [5.74, 6) is 0. The van der Waals surface area contributed by atoms with Crippen molar-refractivity contribution in [3.63, 3.8) is 0 Å². The lowest BCUT2D eigenvalue weighted by Crippen LogP contribution is -2.43. The van der Waals surface area contributed by atoms with Gasteiger partial charge in [0.25, 0.3) is 0 Å². The van der Waals surface area contributed by atoms with E-state index in [0.29, 0.717) is 11.5 Å². The van der Waals surface area contributed by atoms with Crippen molar-refractivity contribution < 1.29 is 0 Å². The number of fused-ring (bicyclic) bond motifs is 1. The Kier molecular flexibility index (Phi) is 3.64. The number of hydrogen-bond acceptors (Lipinski definition) is 2. The number of benzene rings is 1. The van der Waals surface area contributed by atoms with Crippen LogP contribution in [0.2, 0.25) is 0 Å². The molecule has 3 rings (SSSR count). The summed E-state index contributed by atoms with van der Waals surface area (Å²) in [7, 11) is 0. The average molecular weight is 273 g/mol. The van der Waals surface area contributed by atoms with Crippen LogP contribution in [0.15, 0.2) is 29.6 Å². The topological polar surface area (TPSA) is 12.0 Å². The van der Waals surface area contributed by atoms with Gasteiger partial charge in [-0.3, -0.25) is 0 Å². The first kappa shape index (κ1) is 13.1. The SMILES string of the molecule is CC(C)NCC1(Cc2csc3ccccc23)CCC1. The van der Waals surface area contributed by atoms with Crippen LogP contribution < -0.4 is 5.32 Å². The summed E-state index contributed by atoms with van der Waals surface area (Å²) < 4.78 is 1.43. The van der Waals surface area contributed by atoms with E-state index in [2.05, 4.69) is 48.8 Å². The molecule has 0 radical (unpaired) electrons. The first-order chi connectivity index (χ1) is 9.19. The van der Waals surface area contributed by atoms with E-state index in [1.807, 2.05) is 11.3 Å². The zero-order valence-electron chi connectivity index (χ0n) is 11.9. The highest BCUT2D eigenvalue weighted by Crippen LogP contribution is 2.45. The van der Waals surface area contributed by atoms with Gasteiger partial charge in [0.2, 0.25) is 0 Å². The van der Waals surface area contributed by atoms with Gasteiger partial charge in [0.15, 0.2) is 0 Å². The van der Waals surface area contributed by atoms with Gasteiger partial charge < -0.3 is 5.32 Å². The molecule has 0 unspecified atom stereocenters. The molecular weight excluding hydrogens is 250 g/mol. The molecule has 0 bridgehead atoms. The van der Waals surface area contributed by atoms with E-state index in [1.165, 1.54) is 42.3 Å². The molecule has 19 heavy (non-hydrogen) atoms. The third-order valence-electron chi connectivity index (χ3n) is 4.43. The van der Waals surface area contributed by atoms with Crippen LogP contribution in [0.25, 0.3) is 10.1 Å². The van der Waals surface area contributed by atoms with Gasteiger partial charge in [-0.2, -0.15) is 0 Å². The molecule has 1 saturated carbocycles. The Morgan fingerprint density at radius 3 is 2.74 bits per heavy atom. The minimum atomic E-state index is 0.522. The Morgan fingerprint density at radius 1 is 1.26 bits per heavy atom. The maximum absolute atomic E-state index is 3.65. The highest BCUT2D eigenvalue weighted by molar-refractivity contribution is 7.17. The van der Waals surface area contributed by atoms with Gasteiger partial charge in [-0.25, -0.2) is 0 Å². The molecule has 1 aliphatic carbocycles. The molecule has 0 spiro atoms. The van der Waals surface area contributed by atoms with Gasteiger partial charge in [0.05, 0.1) is 0 Å². The molecule has 1 aromatic carbocycles. The van der Waals surface area contributed by atoms with Gasteiger partial charge in [0, 0.05) is 17.3 Å². The predicted octanol–water partition coefficient (Wildman–Crippen LogP) is 4.61. The molecule has 1 N–H and O–H groups in total.